The fraction of sp³-hybridized carbons (Fsp3) is 0.923. The van der Waals surface area contributed by atoms with Crippen molar-refractivity contribution in [3.8, 4) is 0 Å². The molecule has 16 heavy (non-hydrogen) atoms. The molecule has 0 aromatic heterocycles. The van der Waals surface area contributed by atoms with Crippen LogP contribution in [0.5, 0.6) is 0 Å². The molecule has 1 amide bonds. The van der Waals surface area contributed by atoms with Gasteiger partial charge in [-0.1, -0.05) is 6.42 Å². The summed E-state index contributed by atoms with van der Waals surface area (Å²) in [6, 6.07) is 1.26. The Labute approximate surface area is 97.6 Å². The van der Waals surface area contributed by atoms with E-state index < -0.39 is 0 Å². The highest BCUT2D eigenvalue weighted by Gasteiger charge is 2.40. The molecule has 1 heterocycles. The molecular weight excluding hydrogens is 200 g/mol. The van der Waals surface area contributed by atoms with Gasteiger partial charge in [0.15, 0.2) is 0 Å². The third-order valence-corrected chi connectivity index (χ3v) is 4.58. The Kier molecular flexibility index (Phi) is 2.66. The molecule has 3 rings (SSSR count). The Morgan fingerprint density at radius 3 is 2.56 bits per heavy atom. The van der Waals surface area contributed by atoms with Crippen LogP contribution in [0, 0.1) is 5.92 Å². The Morgan fingerprint density at radius 1 is 1.25 bits per heavy atom. The molecule has 0 bridgehead atoms. The second kappa shape index (κ2) is 4.02. The van der Waals surface area contributed by atoms with E-state index in [1.165, 1.54) is 32.1 Å². The fourth-order valence-electron chi connectivity index (χ4n) is 2.97. The van der Waals surface area contributed by atoms with E-state index in [1.807, 2.05) is 0 Å². The average molecular weight is 222 g/mol. The number of nitrogens with zero attached hydrogens (tertiary/aromatic N) is 1. The molecule has 0 aromatic carbocycles. The van der Waals surface area contributed by atoms with Crippen LogP contribution in [0.4, 0.5) is 0 Å². The highest BCUT2D eigenvalue weighted by atomic mass is 16.2. The van der Waals surface area contributed by atoms with E-state index in [2.05, 4.69) is 17.1 Å². The monoisotopic (exact) mass is 222 g/mol. The summed E-state index contributed by atoms with van der Waals surface area (Å²) in [7, 11) is 0. The largest absolute Gasteiger partial charge is 0.338 e. The minimum Gasteiger partial charge on any atom is -0.338 e. The lowest BCUT2D eigenvalue weighted by atomic mass is 9.80. The predicted octanol–water partition coefficient (Wildman–Crippen LogP) is 1.53. The lowest BCUT2D eigenvalue weighted by molar-refractivity contribution is -0.132. The van der Waals surface area contributed by atoms with Gasteiger partial charge in [-0.05, 0) is 44.9 Å². The molecule has 90 valence electrons. The van der Waals surface area contributed by atoms with Crippen molar-refractivity contribution in [2.75, 3.05) is 6.54 Å². The molecule has 2 unspecified atom stereocenters. The van der Waals surface area contributed by atoms with Gasteiger partial charge < -0.3 is 10.2 Å². The van der Waals surface area contributed by atoms with Crippen LogP contribution < -0.4 is 5.32 Å². The van der Waals surface area contributed by atoms with E-state index in [9.17, 15) is 4.79 Å². The maximum absolute atomic E-state index is 12.2. The van der Waals surface area contributed by atoms with Crippen LogP contribution in [0.25, 0.3) is 0 Å². The summed E-state index contributed by atoms with van der Waals surface area (Å²) in [5.74, 6) is 1.15. The molecule has 3 aliphatic rings. The predicted molar refractivity (Wildman–Crippen MR) is 63.1 cm³/mol. The summed E-state index contributed by atoms with van der Waals surface area (Å²) in [4.78, 5) is 14.3. The summed E-state index contributed by atoms with van der Waals surface area (Å²) in [6.45, 7) is 3.21. The van der Waals surface area contributed by atoms with E-state index >= 15 is 0 Å². The molecule has 2 atom stereocenters. The van der Waals surface area contributed by atoms with Gasteiger partial charge >= 0.3 is 0 Å². The maximum Gasteiger partial charge on any atom is 0.240 e. The van der Waals surface area contributed by atoms with Crippen LogP contribution in [-0.2, 0) is 4.79 Å². The molecule has 1 N–H and O–H groups in total. The molecular formula is C13H22N2O. The van der Waals surface area contributed by atoms with Gasteiger partial charge in [-0.15, -0.1) is 0 Å². The second-order valence-corrected chi connectivity index (χ2v) is 5.75. The normalized spacial score (nSPS) is 32.9. The van der Waals surface area contributed by atoms with Crippen molar-refractivity contribution >= 4 is 5.91 Å². The number of carbonyl (C=O) groups excluding carboxylic acids is 1. The van der Waals surface area contributed by atoms with Crippen molar-refractivity contribution in [2.45, 2.75) is 63.6 Å². The standard InChI is InChI=1S/C13H22N2O/c1-9(10-3-2-4-10)15-8-7-12(13(15)16)14-11-5-6-11/h9-12,14H,2-8H2,1H3. The molecule has 1 saturated heterocycles. The molecule has 3 fully saturated rings. The van der Waals surface area contributed by atoms with Gasteiger partial charge in [0.25, 0.3) is 0 Å². The van der Waals surface area contributed by atoms with Gasteiger partial charge in [-0.3, -0.25) is 4.79 Å². The summed E-state index contributed by atoms with van der Waals surface area (Å²) in [6.07, 6.45) is 7.56. The highest BCUT2D eigenvalue weighted by molar-refractivity contribution is 5.84. The van der Waals surface area contributed by atoms with Gasteiger partial charge in [-0.25, -0.2) is 0 Å². The molecule has 0 aromatic rings. The van der Waals surface area contributed by atoms with E-state index in [0.29, 0.717) is 18.0 Å². The Balaban J connectivity index is 1.57. The summed E-state index contributed by atoms with van der Waals surface area (Å²) in [5.41, 5.74) is 0. The topological polar surface area (TPSA) is 32.3 Å². The van der Waals surface area contributed by atoms with Crippen LogP contribution in [0.1, 0.15) is 45.4 Å². The van der Waals surface area contributed by atoms with Crippen molar-refractivity contribution < 1.29 is 4.79 Å². The number of hydrogen-bond acceptors (Lipinski definition) is 2. The Morgan fingerprint density at radius 2 is 2.00 bits per heavy atom. The second-order valence-electron chi connectivity index (χ2n) is 5.75. The van der Waals surface area contributed by atoms with E-state index in [-0.39, 0.29) is 6.04 Å². The minimum absolute atomic E-state index is 0.134. The van der Waals surface area contributed by atoms with Crippen molar-refractivity contribution in [3.63, 3.8) is 0 Å². The zero-order valence-corrected chi connectivity index (χ0v) is 10.1. The van der Waals surface area contributed by atoms with Crippen molar-refractivity contribution in [3.05, 3.63) is 0 Å². The van der Waals surface area contributed by atoms with Crippen LogP contribution in [-0.4, -0.2) is 35.5 Å². The molecule has 2 saturated carbocycles. The van der Waals surface area contributed by atoms with E-state index in [0.717, 1.165) is 18.9 Å². The first-order valence-electron chi connectivity index (χ1n) is 6.82. The highest BCUT2D eigenvalue weighted by Crippen LogP contribution is 2.34. The maximum atomic E-state index is 12.2. The first-order chi connectivity index (χ1) is 7.75. The van der Waals surface area contributed by atoms with Crippen LogP contribution in [0.3, 0.4) is 0 Å². The number of carbonyl (C=O) groups is 1. The van der Waals surface area contributed by atoms with Crippen LogP contribution in [0.15, 0.2) is 0 Å². The summed E-state index contributed by atoms with van der Waals surface area (Å²) < 4.78 is 0. The van der Waals surface area contributed by atoms with Crippen LogP contribution in [0.2, 0.25) is 0 Å². The van der Waals surface area contributed by atoms with E-state index in [1.54, 1.807) is 0 Å². The molecule has 0 radical (unpaired) electrons. The summed E-state index contributed by atoms with van der Waals surface area (Å²) in [5, 5.41) is 3.47. The first kappa shape index (κ1) is 10.6. The third kappa shape index (κ3) is 1.86. The lowest BCUT2D eigenvalue weighted by Crippen LogP contribution is -2.46. The number of amides is 1. The molecule has 0 spiro atoms. The van der Waals surface area contributed by atoms with Crippen molar-refractivity contribution in [1.29, 1.82) is 0 Å². The van der Waals surface area contributed by atoms with Gasteiger partial charge in [0.05, 0.1) is 6.04 Å². The van der Waals surface area contributed by atoms with Gasteiger partial charge in [0, 0.05) is 18.6 Å². The van der Waals surface area contributed by atoms with Gasteiger partial charge in [0.2, 0.25) is 5.91 Å². The zero-order valence-electron chi connectivity index (χ0n) is 10.1. The number of hydrogen-bond donors (Lipinski definition) is 1. The fourth-order valence-corrected chi connectivity index (χ4v) is 2.97. The Bertz CT molecular complexity index is 284. The quantitative estimate of drug-likeness (QED) is 0.782. The lowest BCUT2D eigenvalue weighted by Gasteiger charge is -2.37. The molecule has 2 aliphatic carbocycles. The van der Waals surface area contributed by atoms with Crippen molar-refractivity contribution in [2.24, 2.45) is 5.92 Å². The number of nitrogens with one attached hydrogen (secondary N) is 1. The molecule has 3 heteroatoms. The van der Waals surface area contributed by atoms with Gasteiger partial charge in [0.1, 0.15) is 0 Å². The van der Waals surface area contributed by atoms with E-state index in [4.69, 9.17) is 0 Å². The zero-order chi connectivity index (χ0) is 11.1. The number of rotatable bonds is 4. The smallest absolute Gasteiger partial charge is 0.240 e. The average Bonchev–Trinajstić information content (AvgIpc) is 2.90. The third-order valence-electron chi connectivity index (χ3n) is 4.58. The molecule has 1 aliphatic heterocycles. The molecule has 3 nitrogen and oxygen atoms in total. The van der Waals surface area contributed by atoms with Crippen LogP contribution >= 0.6 is 0 Å². The first-order valence-corrected chi connectivity index (χ1v) is 6.82. The SMILES string of the molecule is CC(C1CCC1)N1CCC(NC2CC2)C1=O. The van der Waals surface area contributed by atoms with Crippen molar-refractivity contribution in [1.82, 2.24) is 10.2 Å². The Hall–Kier alpha value is -0.570. The number of likely N-dealkylation sites (tertiary alicyclic amines) is 1. The minimum atomic E-state index is 0.134. The van der Waals surface area contributed by atoms with Gasteiger partial charge in [-0.2, -0.15) is 0 Å². The summed E-state index contributed by atoms with van der Waals surface area (Å²) >= 11 is 0.